The normalized spacial score (nSPS) is 22.8. The number of hydrogen-bond acceptors (Lipinski definition) is 2. The Kier molecular flexibility index (Phi) is 4.88. The number of benzene rings is 1. The smallest absolute Gasteiger partial charge is 0.379 e. The maximum absolute atomic E-state index is 14.6. The van der Waals surface area contributed by atoms with Crippen LogP contribution in [0.15, 0.2) is 24.3 Å². The summed E-state index contributed by atoms with van der Waals surface area (Å²) in [4.78, 5) is 0. The van der Waals surface area contributed by atoms with E-state index in [-0.39, 0.29) is 18.9 Å². The van der Waals surface area contributed by atoms with Gasteiger partial charge in [-0.15, -0.1) is 0 Å². The van der Waals surface area contributed by atoms with Crippen molar-refractivity contribution in [3.8, 4) is 0 Å². The molecule has 21 heavy (non-hydrogen) atoms. The van der Waals surface area contributed by atoms with Crippen LogP contribution in [-0.4, -0.2) is 31.5 Å². The highest BCUT2D eigenvalue weighted by Gasteiger charge is 2.31. The number of alkyl halides is 4. The number of halogens is 4. The topological polar surface area (TPSA) is 21.3 Å². The SMILES string of the molecule is CC(F)(Cc1ccc(C(F)(F)F)cc1)CC1COCCN1. The molecule has 0 saturated carbocycles. The number of nitrogens with one attached hydrogen (secondary N) is 1. The second kappa shape index (κ2) is 6.32. The second-order valence-corrected chi connectivity index (χ2v) is 5.71. The fourth-order valence-electron chi connectivity index (χ4n) is 2.57. The first-order valence-electron chi connectivity index (χ1n) is 6.92. The van der Waals surface area contributed by atoms with Crippen LogP contribution in [-0.2, 0) is 17.3 Å². The fourth-order valence-corrected chi connectivity index (χ4v) is 2.57. The Morgan fingerprint density at radius 1 is 1.19 bits per heavy atom. The summed E-state index contributed by atoms with van der Waals surface area (Å²) < 4.78 is 57.3. The molecule has 0 radical (unpaired) electrons. The lowest BCUT2D eigenvalue weighted by Crippen LogP contribution is -2.45. The molecule has 1 N–H and O–H groups in total. The quantitative estimate of drug-likeness (QED) is 0.861. The van der Waals surface area contributed by atoms with E-state index in [0.29, 0.717) is 25.3 Å². The van der Waals surface area contributed by atoms with Crippen molar-refractivity contribution in [2.45, 2.75) is 37.7 Å². The highest BCUT2D eigenvalue weighted by atomic mass is 19.4. The van der Waals surface area contributed by atoms with Gasteiger partial charge in [0.1, 0.15) is 5.67 Å². The van der Waals surface area contributed by atoms with Crippen molar-refractivity contribution >= 4 is 0 Å². The first-order chi connectivity index (χ1) is 9.76. The summed E-state index contributed by atoms with van der Waals surface area (Å²) in [5.41, 5.74) is -1.64. The van der Waals surface area contributed by atoms with Gasteiger partial charge in [-0.25, -0.2) is 4.39 Å². The van der Waals surface area contributed by atoms with Gasteiger partial charge in [0.05, 0.1) is 18.8 Å². The van der Waals surface area contributed by atoms with E-state index in [1.807, 2.05) is 0 Å². The predicted molar refractivity (Wildman–Crippen MR) is 71.9 cm³/mol. The minimum Gasteiger partial charge on any atom is -0.379 e. The standard InChI is InChI=1S/C15H19F4NO/c1-14(16,9-13-10-21-7-6-20-13)8-11-2-4-12(5-3-11)15(17,18)19/h2-5,13,20H,6-10H2,1H3. The molecule has 0 amide bonds. The lowest BCUT2D eigenvalue weighted by Gasteiger charge is -2.30. The summed E-state index contributed by atoms with van der Waals surface area (Å²) >= 11 is 0. The minimum atomic E-state index is -4.36. The molecule has 0 spiro atoms. The second-order valence-electron chi connectivity index (χ2n) is 5.71. The molecule has 2 nitrogen and oxygen atoms in total. The van der Waals surface area contributed by atoms with Crippen molar-refractivity contribution in [1.82, 2.24) is 5.32 Å². The zero-order chi connectivity index (χ0) is 15.5. The van der Waals surface area contributed by atoms with Crippen LogP contribution in [0.4, 0.5) is 17.6 Å². The summed E-state index contributed by atoms with van der Waals surface area (Å²) in [5.74, 6) is 0. The molecular weight excluding hydrogens is 286 g/mol. The van der Waals surface area contributed by atoms with Gasteiger partial charge in [0, 0.05) is 19.0 Å². The summed E-state index contributed by atoms with van der Waals surface area (Å²) in [6, 6.07) is 4.61. The largest absolute Gasteiger partial charge is 0.416 e. The highest BCUT2D eigenvalue weighted by Crippen LogP contribution is 2.30. The molecule has 1 aliphatic heterocycles. The summed E-state index contributed by atoms with van der Waals surface area (Å²) in [5, 5.41) is 3.18. The number of rotatable bonds is 4. The van der Waals surface area contributed by atoms with Crippen LogP contribution in [0.3, 0.4) is 0 Å². The molecule has 1 heterocycles. The maximum atomic E-state index is 14.6. The van der Waals surface area contributed by atoms with Crippen molar-refractivity contribution < 1.29 is 22.3 Å². The first-order valence-corrected chi connectivity index (χ1v) is 6.92. The lowest BCUT2D eigenvalue weighted by atomic mass is 9.91. The zero-order valence-corrected chi connectivity index (χ0v) is 11.8. The van der Waals surface area contributed by atoms with Gasteiger partial charge in [-0.1, -0.05) is 12.1 Å². The Labute approximate surface area is 121 Å². The summed E-state index contributed by atoms with van der Waals surface area (Å²) in [6.45, 7) is 3.26. The van der Waals surface area contributed by atoms with Gasteiger partial charge in [-0.2, -0.15) is 13.2 Å². The van der Waals surface area contributed by atoms with Crippen LogP contribution in [0.5, 0.6) is 0 Å². The van der Waals surface area contributed by atoms with Crippen LogP contribution < -0.4 is 5.32 Å². The average molecular weight is 305 g/mol. The van der Waals surface area contributed by atoms with E-state index in [2.05, 4.69) is 5.32 Å². The molecule has 118 valence electrons. The molecular formula is C15H19F4NO. The van der Waals surface area contributed by atoms with Crippen molar-refractivity contribution in [2.75, 3.05) is 19.8 Å². The van der Waals surface area contributed by atoms with E-state index in [1.54, 1.807) is 0 Å². The fraction of sp³-hybridized carbons (Fsp3) is 0.600. The van der Waals surface area contributed by atoms with Crippen LogP contribution in [0.1, 0.15) is 24.5 Å². The molecule has 1 aromatic carbocycles. The minimum absolute atomic E-state index is 0.0526. The van der Waals surface area contributed by atoms with Crippen molar-refractivity contribution in [3.05, 3.63) is 35.4 Å². The van der Waals surface area contributed by atoms with E-state index in [4.69, 9.17) is 4.74 Å². The molecule has 0 aliphatic carbocycles. The van der Waals surface area contributed by atoms with E-state index >= 15 is 0 Å². The Hall–Kier alpha value is -1.14. The molecule has 1 aromatic rings. The number of hydrogen-bond donors (Lipinski definition) is 1. The van der Waals surface area contributed by atoms with E-state index in [9.17, 15) is 17.6 Å². The van der Waals surface area contributed by atoms with Gasteiger partial charge in [-0.05, 0) is 31.0 Å². The van der Waals surface area contributed by atoms with Crippen LogP contribution in [0.25, 0.3) is 0 Å². The van der Waals surface area contributed by atoms with Gasteiger partial charge in [0.25, 0.3) is 0 Å². The zero-order valence-electron chi connectivity index (χ0n) is 11.8. The monoisotopic (exact) mass is 305 g/mol. The van der Waals surface area contributed by atoms with Crippen molar-refractivity contribution in [3.63, 3.8) is 0 Å². The van der Waals surface area contributed by atoms with Crippen LogP contribution in [0.2, 0.25) is 0 Å². The highest BCUT2D eigenvalue weighted by molar-refractivity contribution is 5.25. The van der Waals surface area contributed by atoms with Gasteiger partial charge in [0.15, 0.2) is 0 Å². The van der Waals surface area contributed by atoms with Gasteiger partial charge < -0.3 is 10.1 Å². The molecule has 1 fully saturated rings. The van der Waals surface area contributed by atoms with Crippen molar-refractivity contribution in [2.24, 2.45) is 0 Å². The van der Waals surface area contributed by atoms with Gasteiger partial charge in [-0.3, -0.25) is 0 Å². The lowest BCUT2D eigenvalue weighted by molar-refractivity contribution is -0.137. The van der Waals surface area contributed by atoms with Crippen LogP contribution >= 0.6 is 0 Å². The third-order valence-electron chi connectivity index (χ3n) is 3.52. The predicted octanol–water partition coefficient (Wildman–Crippen LogP) is 3.35. The molecule has 1 saturated heterocycles. The van der Waals surface area contributed by atoms with Crippen molar-refractivity contribution in [1.29, 1.82) is 0 Å². The Morgan fingerprint density at radius 2 is 1.86 bits per heavy atom. The average Bonchev–Trinajstić information content (AvgIpc) is 2.38. The summed E-state index contributed by atoms with van der Waals surface area (Å²) in [7, 11) is 0. The van der Waals surface area contributed by atoms with E-state index < -0.39 is 17.4 Å². The van der Waals surface area contributed by atoms with Crippen LogP contribution in [0, 0.1) is 0 Å². The summed E-state index contributed by atoms with van der Waals surface area (Å²) in [6.07, 6.45) is -4.00. The molecule has 2 atom stereocenters. The number of ether oxygens (including phenoxy) is 1. The Morgan fingerprint density at radius 3 is 2.38 bits per heavy atom. The molecule has 2 rings (SSSR count). The molecule has 1 aliphatic rings. The first kappa shape index (κ1) is 16.2. The third kappa shape index (κ3) is 4.97. The maximum Gasteiger partial charge on any atom is 0.416 e. The van der Waals surface area contributed by atoms with E-state index in [1.165, 1.54) is 19.1 Å². The van der Waals surface area contributed by atoms with E-state index in [0.717, 1.165) is 12.1 Å². The molecule has 6 heteroatoms. The third-order valence-corrected chi connectivity index (χ3v) is 3.52. The Bertz CT molecular complexity index is 450. The van der Waals surface area contributed by atoms with Gasteiger partial charge >= 0.3 is 6.18 Å². The van der Waals surface area contributed by atoms with Gasteiger partial charge in [0.2, 0.25) is 0 Å². The molecule has 0 aromatic heterocycles. The Balaban J connectivity index is 1.95. The number of morpholine rings is 1. The molecule has 2 unspecified atom stereocenters. The molecule has 0 bridgehead atoms.